The summed E-state index contributed by atoms with van der Waals surface area (Å²) >= 11 is 0. The van der Waals surface area contributed by atoms with Crippen LogP contribution in [0.25, 0.3) is 0 Å². The second kappa shape index (κ2) is 12.5. The fourth-order valence-corrected chi connectivity index (χ4v) is 5.33. The van der Waals surface area contributed by atoms with E-state index in [2.05, 4.69) is 20.4 Å². The van der Waals surface area contributed by atoms with Gasteiger partial charge in [0, 0.05) is 51.5 Å². The van der Waals surface area contributed by atoms with Gasteiger partial charge in [0.15, 0.2) is 0 Å². The molecule has 8 nitrogen and oxygen atoms in total. The number of nitrogens with one attached hydrogen (secondary N) is 2. The molecule has 1 aromatic carbocycles. The summed E-state index contributed by atoms with van der Waals surface area (Å²) in [6.45, 7) is 7.71. The van der Waals surface area contributed by atoms with E-state index in [4.69, 9.17) is 4.74 Å². The van der Waals surface area contributed by atoms with Gasteiger partial charge in [-0.25, -0.2) is 9.18 Å². The number of halogens is 1. The van der Waals surface area contributed by atoms with Crippen LogP contribution < -0.4 is 10.6 Å². The zero-order chi connectivity index (χ0) is 23.8. The third-order valence-electron chi connectivity index (χ3n) is 7.26. The lowest BCUT2D eigenvalue weighted by molar-refractivity contribution is -0.129. The number of urea groups is 1. The third-order valence-corrected chi connectivity index (χ3v) is 7.26. The van der Waals surface area contributed by atoms with Gasteiger partial charge in [-0.1, -0.05) is 12.8 Å². The van der Waals surface area contributed by atoms with Crippen LogP contribution in [0.15, 0.2) is 24.3 Å². The van der Waals surface area contributed by atoms with Crippen LogP contribution in [-0.2, 0) is 9.53 Å². The minimum atomic E-state index is -0.330. The van der Waals surface area contributed by atoms with Gasteiger partial charge in [-0.2, -0.15) is 0 Å². The van der Waals surface area contributed by atoms with Crippen molar-refractivity contribution < 1.29 is 18.7 Å². The van der Waals surface area contributed by atoms with E-state index >= 15 is 0 Å². The van der Waals surface area contributed by atoms with Crippen LogP contribution in [-0.4, -0.2) is 98.3 Å². The number of benzene rings is 1. The topological polar surface area (TPSA) is 77.2 Å². The normalized spacial score (nSPS) is 21.4. The predicted octanol–water partition coefficient (Wildman–Crippen LogP) is 2.37. The Balaban J connectivity index is 1.25. The van der Waals surface area contributed by atoms with Gasteiger partial charge in [0.2, 0.25) is 5.91 Å². The zero-order valence-electron chi connectivity index (χ0n) is 20.0. The van der Waals surface area contributed by atoms with Crippen molar-refractivity contribution in [3.8, 4) is 0 Å². The number of carbonyl (C=O) groups is 2. The molecule has 34 heavy (non-hydrogen) atoms. The van der Waals surface area contributed by atoms with Crippen LogP contribution in [0.3, 0.4) is 0 Å². The average Bonchev–Trinajstić information content (AvgIpc) is 3.39. The maximum Gasteiger partial charge on any atom is 0.321 e. The van der Waals surface area contributed by atoms with Gasteiger partial charge in [0.05, 0.1) is 19.3 Å². The number of morpholine rings is 1. The van der Waals surface area contributed by atoms with Crippen LogP contribution in [0, 0.1) is 11.7 Å². The molecule has 0 spiro atoms. The van der Waals surface area contributed by atoms with E-state index in [-0.39, 0.29) is 23.8 Å². The quantitative estimate of drug-likeness (QED) is 0.565. The van der Waals surface area contributed by atoms with Crippen molar-refractivity contribution in [1.82, 2.24) is 20.0 Å². The zero-order valence-corrected chi connectivity index (χ0v) is 20.0. The minimum Gasteiger partial charge on any atom is -0.379 e. The van der Waals surface area contributed by atoms with E-state index in [0.29, 0.717) is 44.3 Å². The van der Waals surface area contributed by atoms with E-state index in [9.17, 15) is 14.0 Å². The third kappa shape index (κ3) is 6.90. The summed E-state index contributed by atoms with van der Waals surface area (Å²) in [5.41, 5.74) is 0.578. The van der Waals surface area contributed by atoms with Crippen LogP contribution in [0.5, 0.6) is 0 Å². The Kier molecular flexibility index (Phi) is 9.12. The lowest BCUT2D eigenvalue weighted by atomic mass is 9.95. The van der Waals surface area contributed by atoms with E-state index in [0.717, 1.165) is 52.1 Å². The molecule has 188 valence electrons. The van der Waals surface area contributed by atoms with Crippen LogP contribution in [0.2, 0.25) is 0 Å². The minimum absolute atomic E-state index is 0.117. The molecule has 1 saturated carbocycles. The Bertz CT molecular complexity index is 788. The molecule has 2 heterocycles. The predicted molar refractivity (Wildman–Crippen MR) is 129 cm³/mol. The molecule has 2 saturated heterocycles. The van der Waals surface area contributed by atoms with Crippen LogP contribution in [0.4, 0.5) is 14.9 Å². The summed E-state index contributed by atoms with van der Waals surface area (Å²) in [7, 11) is 0. The van der Waals surface area contributed by atoms with Gasteiger partial charge in [-0.15, -0.1) is 0 Å². The largest absolute Gasteiger partial charge is 0.379 e. The molecule has 3 amide bonds. The Morgan fingerprint density at radius 3 is 2.35 bits per heavy atom. The van der Waals surface area contributed by atoms with Crippen molar-refractivity contribution in [1.29, 1.82) is 0 Å². The van der Waals surface area contributed by atoms with Gasteiger partial charge in [-0.05, 0) is 56.0 Å². The van der Waals surface area contributed by atoms with Crippen molar-refractivity contribution in [2.24, 2.45) is 5.92 Å². The molecule has 1 aliphatic carbocycles. The highest BCUT2D eigenvalue weighted by Gasteiger charge is 2.37. The number of hydrogen-bond acceptors (Lipinski definition) is 5. The van der Waals surface area contributed by atoms with Crippen molar-refractivity contribution >= 4 is 17.6 Å². The van der Waals surface area contributed by atoms with Gasteiger partial charge in [-0.3, -0.25) is 14.6 Å². The van der Waals surface area contributed by atoms with Gasteiger partial charge < -0.3 is 20.3 Å². The molecule has 1 aromatic rings. The van der Waals surface area contributed by atoms with Gasteiger partial charge >= 0.3 is 6.03 Å². The Labute approximate surface area is 201 Å². The Morgan fingerprint density at radius 1 is 1.00 bits per heavy atom. The van der Waals surface area contributed by atoms with Crippen molar-refractivity contribution in [3.05, 3.63) is 30.1 Å². The van der Waals surface area contributed by atoms with Gasteiger partial charge in [0.1, 0.15) is 5.82 Å². The molecule has 0 aromatic heterocycles. The first-order valence-electron chi connectivity index (χ1n) is 12.7. The number of nitrogens with zero attached hydrogens (tertiary/aromatic N) is 3. The molecule has 0 radical (unpaired) electrons. The fraction of sp³-hybridized carbons (Fsp3) is 0.680. The summed E-state index contributed by atoms with van der Waals surface area (Å²) in [4.78, 5) is 32.3. The lowest BCUT2D eigenvalue weighted by Crippen LogP contribution is -2.58. The lowest BCUT2D eigenvalue weighted by Gasteiger charge is -2.40. The summed E-state index contributed by atoms with van der Waals surface area (Å²) in [5.74, 6) is 0.195. The van der Waals surface area contributed by atoms with E-state index in [1.165, 1.54) is 25.0 Å². The molecule has 2 aliphatic heterocycles. The summed E-state index contributed by atoms with van der Waals surface area (Å²) in [6.07, 6.45) is 5.51. The standard InChI is InChI=1S/C25H38FN5O3/c26-21-6-8-22(9-7-21)28-25(33)31-14-12-30(13-15-31)23(20-4-1-2-5-20)24(32)27-10-3-11-29-16-18-34-19-17-29/h6-9,20,23H,1-5,10-19H2,(H,27,32)(H,28,33). The summed E-state index contributed by atoms with van der Waals surface area (Å²) in [6, 6.07) is 5.48. The second-order valence-corrected chi connectivity index (χ2v) is 9.55. The second-order valence-electron chi connectivity index (χ2n) is 9.55. The van der Waals surface area contributed by atoms with E-state index < -0.39 is 0 Å². The molecule has 4 rings (SSSR count). The molecular formula is C25H38FN5O3. The number of amides is 3. The highest BCUT2D eigenvalue weighted by atomic mass is 19.1. The Hall–Kier alpha value is -2.23. The molecule has 2 N–H and O–H groups in total. The number of anilines is 1. The number of ether oxygens (including phenoxy) is 1. The first kappa shape index (κ1) is 24.9. The first-order chi connectivity index (χ1) is 16.6. The first-order valence-corrected chi connectivity index (χ1v) is 12.7. The maximum atomic E-state index is 13.3. The van der Waals surface area contributed by atoms with Crippen molar-refractivity contribution in [2.45, 2.75) is 38.1 Å². The number of piperazine rings is 1. The molecule has 0 bridgehead atoms. The van der Waals surface area contributed by atoms with Crippen molar-refractivity contribution in [2.75, 3.05) is 70.9 Å². The van der Waals surface area contributed by atoms with Gasteiger partial charge in [0.25, 0.3) is 0 Å². The van der Waals surface area contributed by atoms with E-state index in [1.807, 2.05) is 0 Å². The summed E-state index contributed by atoms with van der Waals surface area (Å²) in [5, 5.41) is 6.04. The SMILES string of the molecule is O=C(NCCCN1CCOCC1)C(C1CCCC1)N1CCN(C(=O)Nc2ccc(F)cc2)CC1. The highest BCUT2D eigenvalue weighted by Crippen LogP contribution is 2.31. The van der Waals surface area contributed by atoms with Crippen LogP contribution >= 0.6 is 0 Å². The smallest absolute Gasteiger partial charge is 0.321 e. The number of hydrogen-bond donors (Lipinski definition) is 2. The van der Waals surface area contributed by atoms with Crippen molar-refractivity contribution in [3.63, 3.8) is 0 Å². The monoisotopic (exact) mass is 475 g/mol. The average molecular weight is 476 g/mol. The molecule has 1 unspecified atom stereocenters. The molecule has 3 fully saturated rings. The Morgan fingerprint density at radius 2 is 1.68 bits per heavy atom. The molecular weight excluding hydrogens is 437 g/mol. The highest BCUT2D eigenvalue weighted by molar-refractivity contribution is 5.89. The molecule has 1 atom stereocenters. The number of carbonyl (C=O) groups excluding carboxylic acids is 2. The molecule has 9 heteroatoms. The summed E-state index contributed by atoms with van der Waals surface area (Å²) < 4.78 is 18.5. The molecule has 3 aliphatic rings. The fourth-order valence-electron chi connectivity index (χ4n) is 5.33. The van der Waals surface area contributed by atoms with Crippen LogP contribution in [0.1, 0.15) is 32.1 Å². The van der Waals surface area contributed by atoms with E-state index in [1.54, 1.807) is 17.0 Å². The maximum absolute atomic E-state index is 13.3. The number of rotatable bonds is 8.